The molecule has 0 saturated carbocycles. The van der Waals surface area contributed by atoms with Crippen molar-refractivity contribution in [2.75, 3.05) is 56.1 Å². The summed E-state index contributed by atoms with van der Waals surface area (Å²) in [6, 6.07) is 27.1. The van der Waals surface area contributed by atoms with Crippen LogP contribution in [0.3, 0.4) is 0 Å². The van der Waals surface area contributed by atoms with E-state index >= 15 is 0 Å². The van der Waals surface area contributed by atoms with E-state index in [1.165, 1.54) is 24.5 Å². The van der Waals surface area contributed by atoms with Crippen LogP contribution in [0.25, 0.3) is 11.1 Å². The molecule has 16 heteroatoms. The first-order valence-electron chi connectivity index (χ1n) is 21.3. The van der Waals surface area contributed by atoms with E-state index in [0.717, 1.165) is 71.7 Å². The highest BCUT2D eigenvalue weighted by molar-refractivity contribution is 7.99. The Labute approximate surface area is 381 Å². The maximum absolute atomic E-state index is 14.4. The number of likely N-dealkylation sites (tertiary alicyclic amines) is 1. The summed E-state index contributed by atoms with van der Waals surface area (Å²) >= 11 is 7.81. The molecule has 336 valence electrons. The molecule has 5 aromatic rings. The molecule has 0 radical (unpaired) electrons. The van der Waals surface area contributed by atoms with Gasteiger partial charge in [-0.15, -0.1) is 11.8 Å². The van der Waals surface area contributed by atoms with E-state index in [1.807, 2.05) is 74.8 Å². The SMILES string of the molecule is CN(C)CCC(CSc1ccccc1)Nc1ccc(S(=O)(=O)Nc2ncnc3c2CCN(C2CCN(Cc4cc(F)ccc4-c4ccc(Cl)cc4)CC2)C3)cc1S(=O)(=O)C(C)(C)C. The highest BCUT2D eigenvalue weighted by Gasteiger charge is 2.35. The van der Waals surface area contributed by atoms with Crippen molar-refractivity contribution >= 4 is 54.7 Å². The summed E-state index contributed by atoms with van der Waals surface area (Å²) in [4.78, 5) is 16.7. The van der Waals surface area contributed by atoms with Crippen molar-refractivity contribution in [1.82, 2.24) is 24.7 Å². The van der Waals surface area contributed by atoms with Crippen molar-refractivity contribution in [2.24, 2.45) is 0 Å². The molecule has 0 bridgehead atoms. The van der Waals surface area contributed by atoms with E-state index in [0.29, 0.717) is 48.6 Å². The van der Waals surface area contributed by atoms with E-state index in [2.05, 4.69) is 34.7 Å². The van der Waals surface area contributed by atoms with Crippen LogP contribution in [-0.2, 0) is 39.4 Å². The van der Waals surface area contributed by atoms with Crippen molar-refractivity contribution in [2.45, 2.75) is 91.1 Å². The molecule has 4 aromatic carbocycles. The quantitative estimate of drug-likeness (QED) is 0.0922. The van der Waals surface area contributed by atoms with E-state index < -0.39 is 24.6 Å². The molecule has 2 aliphatic heterocycles. The molecule has 1 fully saturated rings. The van der Waals surface area contributed by atoms with Gasteiger partial charge in [-0.3, -0.25) is 14.5 Å². The van der Waals surface area contributed by atoms with Gasteiger partial charge in [-0.25, -0.2) is 31.2 Å². The lowest BCUT2D eigenvalue weighted by Crippen LogP contribution is -2.46. The number of benzene rings is 4. The molecule has 0 aliphatic carbocycles. The molecule has 1 unspecified atom stereocenters. The number of nitrogens with zero attached hydrogens (tertiary/aromatic N) is 5. The minimum Gasteiger partial charge on any atom is -0.380 e. The van der Waals surface area contributed by atoms with Crippen molar-refractivity contribution in [3.05, 3.63) is 125 Å². The predicted octanol–water partition coefficient (Wildman–Crippen LogP) is 8.86. The van der Waals surface area contributed by atoms with Crippen LogP contribution in [0.15, 0.2) is 112 Å². The van der Waals surface area contributed by atoms with Crippen LogP contribution in [-0.4, -0.2) is 104 Å². The van der Waals surface area contributed by atoms with Gasteiger partial charge >= 0.3 is 0 Å². The second-order valence-corrected chi connectivity index (χ2v) is 23.5. The fourth-order valence-electron chi connectivity index (χ4n) is 8.13. The Morgan fingerprint density at radius 3 is 2.35 bits per heavy atom. The van der Waals surface area contributed by atoms with Gasteiger partial charge in [0.2, 0.25) is 0 Å². The van der Waals surface area contributed by atoms with Gasteiger partial charge in [0.05, 0.1) is 25.9 Å². The zero-order chi connectivity index (χ0) is 44.9. The first-order chi connectivity index (χ1) is 30.0. The van der Waals surface area contributed by atoms with E-state index in [-0.39, 0.29) is 27.5 Å². The Morgan fingerprint density at radius 2 is 1.65 bits per heavy atom. The maximum Gasteiger partial charge on any atom is 0.263 e. The molecule has 0 spiro atoms. The number of rotatable bonds is 16. The summed E-state index contributed by atoms with van der Waals surface area (Å²) in [6.45, 7) is 9.22. The predicted molar refractivity (Wildman–Crippen MR) is 253 cm³/mol. The number of sulfonamides is 1. The fraction of sp³-hybridized carbons (Fsp3) is 0.404. The molecule has 1 aromatic heterocycles. The number of aromatic nitrogens is 2. The zero-order valence-electron chi connectivity index (χ0n) is 36.5. The highest BCUT2D eigenvalue weighted by atomic mass is 35.5. The third-order valence-electron chi connectivity index (χ3n) is 11.8. The second kappa shape index (κ2) is 20.0. The van der Waals surface area contributed by atoms with Gasteiger partial charge in [-0.05, 0) is 151 Å². The number of anilines is 2. The largest absolute Gasteiger partial charge is 0.380 e. The van der Waals surface area contributed by atoms with E-state index in [9.17, 15) is 21.2 Å². The average molecular weight is 935 g/mol. The topological polar surface area (TPSA) is 128 Å². The van der Waals surface area contributed by atoms with Crippen LogP contribution in [0.1, 0.15) is 56.9 Å². The lowest BCUT2D eigenvalue weighted by molar-refractivity contribution is 0.0937. The smallest absolute Gasteiger partial charge is 0.263 e. The molecule has 63 heavy (non-hydrogen) atoms. The number of nitrogens with one attached hydrogen (secondary N) is 2. The van der Waals surface area contributed by atoms with Crippen LogP contribution in [0.5, 0.6) is 0 Å². The molecule has 2 aliphatic rings. The number of hydrogen-bond donors (Lipinski definition) is 2. The van der Waals surface area contributed by atoms with Crippen molar-refractivity contribution < 1.29 is 21.2 Å². The van der Waals surface area contributed by atoms with Crippen molar-refractivity contribution in [3.8, 4) is 11.1 Å². The molecule has 11 nitrogen and oxygen atoms in total. The van der Waals surface area contributed by atoms with Gasteiger partial charge < -0.3 is 10.2 Å². The fourth-order valence-corrected chi connectivity index (χ4v) is 11.8. The van der Waals surface area contributed by atoms with E-state index in [1.54, 1.807) is 44.7 Å². The lowest BCUT2D eigenvalue weighted by atomic mass is 9.96. The van der Waals surface area contributed by atoms with Crippen LogP contribution in [0, 0.1) is 5.82 Å². The standard InChI is InChI=1S/C47H57ClFN7O4S3/c1-47(2,3)62(57,58)45-28-40(16-18-43(45)52-37(19-23-54(4)5)31-61-39-9-7-6-8-10-39)63(59,60)53-46-42-22-26-56(30-44(42)50-32-51-46)38-20-24-55(25-21-38)29-34-27-36(49)15-17-41(34)33-11-13-35(48)14-12-33/h6-18,27-28,32,37-38,52H,19-26,29-31H2,1-5H3,(H,50,51,53). The zero-order valence-corrected chi connectivity index (χ0v) is 39.7. The van der Waals surface area contributed by atoms with Gasteiger partial charge in [0.1, 0.15) is 18.0 Å². The summed E-state index contributed by atoms with van der Waals surface area (Å²) in [7, 11) is -4.28. The Kier molecular flexibility index (Phi) is 14.9. The second-order valence-electron chi connectivity index (χ2n) is 17.6. The summed E-state index contributed by atoms with van der Waals surface area (Å²) < 4.78 is 72.6. The number of sulfone groups is 1. The summed E-state index contributed by atoms with van der Waals surface area (Å²) in [5.74, 6) is 0.615. The summed E-state index contributed by atoms with van der Waals surface area (Å²) in [5, 5.41) is 4.14. The third kappa shape index (κ3) is 11.6. The van der Waals surface area contributed by atoms with Gasteiger partial charge in [-0.2, -0.15) is 0 Å². The summed E-state index contributed by atoms with van der Waals surface area (Å²) in [6.07, 6.45) is 4.52. The minimum atomic E-state index is -4.27. The molecule has 1 atom stereocenters. The Balaban J connectivity index is 1.04. The first kappa shape index (κ1) is 46.9. The minimum absolute atomic E-state index is 0.0678. The van der Waals surface area contributed by atoms with E-state index in [4.69, 9.17) is 11.6 Å². The first-order valence-corrected chi connectivity index (χ1v) is 25.6. The lowest BCUT2D eigenvalue weighted by Gasteiger charge is -2.40. The Bertz CT molecular complexity index is 2590. The maximum atomic E-state index is 14.4. The Hall–Kier alpha value is -4.09. The van der Waals surface area contributed by atoms with Crippen molar-refractivity contribution in [1.29, 1.82) is 0 Å². The molecule has 0 amide bonds. The number of hydrogen-bond acceptors (Lipinski definition) is 11. The number of fused-ring (bicyclic) bond motifs is 1. The Morgan fingerprint density at radius 1 is 0.921 bits per heavy atom. The molecule has 1 saturated heterocycles. The van der Waals surface area contributed by atoms with Gasteiger partial charge in [0.25, 0.3) is 10.0 Å². The van der Waals surface area contributed by atoms with Crippen LogP contribution >= 0.6 is 23.4 Å². The van der Waals surface area contributed by atoms with Gasteiger partial charge in [0, 0.05) is 53.0 Å². The average Bonchev–Trinajstić information content (AvgIpc) is 3.25. The molecular weight excluding hydrogens is 877 g/mol. The highest BCUT2D eigenvalue weighted by Crippen LogP contribution is 2.36. The molecular formula is C47H57ClFN7O4S3. The monoisotopic (exact) mass is 933 g/mol. The molecule has 2 N–H and O–H groups in total. The number of piperidine rings is 1. The molecule has 3 heterocycles. The molecule has 7 rings (SSSR count). The van der Waals surface area contributed by atoms with Gasteiger partial charge in [-0.1, -0.05) is 48.0 Å². The number of thioether (sulfide) groups is 1. The third-order valence-corrected chi connectivity index (χ3v) is 17.1. The van der Waals surface area contributed by atoms with Gasteiger partial charge in [0.15, 0.2) is 9.84 Å². The van der Waals surface area contributed by atoms with Crippen molar-refractivity contribution in [3.63, 3.8) is 0 Å². The summed E-state index contributed by atoms with van der Waals surface area (Å²) in [5.41, 5.74) is 4.78. The van der Waals surface area contributed by atoms with Crippen LogP contribution < -0.4 is 10.0 Å². The van der Waals surface area contributed by atoms with Crippen LogP contribution in [0.2, 0.25) is 5.02 Å². The number of halogens is 2. The normalized spacial score (nSPS) is 16.2. The van der Waals surface area contributed by atoms with Crippen LogP contribution in [0.4, 0.5) is 15.9 Å².